The van der Waals surface area contributed by atoms with Crippen LogP contribution in [0, 0.1) is 19.7 Å². The highest BCUT2D eigenvalue weighted by atomic mass is 19.1. The minimum absolute atomic E-state index is 0.187. The molecule has 1 aliphatic rings. The van der Waals surface area contributed by atoms with Crippen molar-refractivity contribution in [2.75, 3.05) is 0 Å². The van der Waals surface area contributed by atoms with Gasteiger partial charge in [0.1, 0.15) is 5.82 Å². The summed E-state index contributed by atoms with van der Waals surface area (Å²) in [6.07, 6.45) is 0. The average molecular weight is 925 g/mol. The lowest BCUT2D eigenvalue weighted by Crippen LogP contribution is -1.91. The van der Waals surface area contributed by atoms with Gasteiger partial charge in [-0.15, -0.1) is 0 Å². The number of fused-ring (bicyclic) bond motifs is 14. The first-order chi connectivity index (χ1) is 36.0. The van der Waals surface area contributed by atoms with Crippen LogP contribution in [0.4, 0.5) is 4.39 Å². The first-order valence-electron chi connectivity index (χ1n) is 25.5. The lowest BCUT2D eigenvalue weighted by Gasteiger charge is -2.17. The van der Waals surface area contributed by atoms with Crippen molar-refractivity contribution in [1.29, 1.82) is 0 Å². The summed E-state index contributed by atoms with van der Waals surface area (Å²) in [5.74, 6) is -0.187. The Balaban J connectivity index is 0.991. The fourth-order valence-electron chi connectivity index (χ4n) is 14.3. The van der Waals surface area contributed by atoms with Gasteiger partial charge in [0.05, 0.1) is 0 Å². The molecule has 0 aromatic heterocycles. The molecule has 16 aromatic carbocycles. The Morgan fingerprint density at radius 3 is 1.41 bits per heavy atom. The molecule has 0 saturated carbocycles. The van der Waals surface area contributed by atoms with E-state index in [0.29, 0.717) is 0 Å². The lowest BCUT2D eigenvalue weighted by atomic mass is 9.85. The molecule has 0 aliphatic heterocycles. The molecule has 0 amide bonds. The van der Waals surface area contributed by atoms with Gasteiger partial charge in [0.15, 0.2) is 0 Å². The molecule has 0 unspecified atom stereocenters. The highest BCUT2D eigenvalue weighted by molar-refractivity contribution is 6.52. The fraction of sp³-hybridized carbons (Fsp3) is 0.0278. The van der Waals surface area contributed by atoms with E-state index in [4.69, 9.17) is 0 Å². The van der Waals surface area contributed by atoms with Crippen molar-refractivity contribution in [3.63, 3.8) is 0 Å². The summed E-state index contributed by atoms with van der Waals surface area (Å²) in [4.78, 5) is 0. The maximum absolute atomic E-state index is 14.5. The van der Waals surface area contributed by atoms with Crippen LogP contribution in [0.2, 0.25) is 0 Å². The normalized spacial score (nSPS) is 12.6. The largest absolute Gasteiger partial charge is 0.207 e. The Labute approximate surface area is 419 Å². The van der Waals surface area contributed by atoms with E-state index >= 15 is 0 Å². The summed E-state index contributed by atoms with van der Waals surface area (Å²) >= 11 is 0. The molecular weight excluding hydrogens is 884 g/mol. The molecule has 73 heavy (non-hydrogen) atoms. The minimum Gasteiger partial charge on any atom is -0.207 e. The van der Waals surface area contributed by atoms with Crippen LogP contribution in [0.15, 0.2) is 212 Å². The molecule has 0 fully saturated rings. The highest BCUT2D eigenvalue weighted by Crippen LogP contribution is 2.58. The van der Waals surface area contributed by atoms with E-state index in [2.05, 4.69) is 200 Å². The van der Waals surface area contributed by atoms with E-state index in [1.807, 2.05) is 13.8 Å². The maximum Gasteiger partial charge on any atom is 0.123 e. The van der Waals surface area contributed by atoms with Gasteiger partial charge in [0.2, 0.25) is 0 Å². The number of halogens is 1. The molecule has 0 nitrogen and oxygen atoms in total. The van der Waals surface area contributed by atoms with Gasteiger partial charge in [-0.1, -0.05) is 188 Å². The third-order valence-electron chi connectivity index (χ3n) is 17.1. The van der Waals surface area contributed by atoms with Crippen LogP contribution in [0.1, 0.15) is 11.1 Å². The molecule has 16 aromatic rings. The number of aryl methyl sites for hydroxylation is 2. The Morgan fingerprint density at radius 2 is 0.685 bits per heavy atom. The van der Waals surface area contributed by atoms with Crippen molar-refractivity contribution < 1.29 is 4.39 Å². The number of benzene rings is 14. The van der Waals surface area contributed by atoms with Gasteiger partial charge in [-0.25, -0.2) is 4.39 Å². The minimum atomic E-state index is -0.187. The molecule has 0 bridgehead atoms. The molecule has 336 valence electrons. The van der Waals surface area contributed by atoms with Crippen LogP contribution in [0.5, 0.6) is 0 Å². The van der Waals surface area contributed by atoms with Crippen LogP contribution in [-0.4, -0.2) is 0 Å². The molecular formula is C72H41F. The van der Waals surface area contributed by atoms with E-state index < -0.39 is 0 Å². The van der Waals surface area contributed by atoms with Crippen LogP contribution in [0.3, 0.4) is 0 Å². The summed E-state index contributed by atoms with van der Waals surface area (Å²) in [6.45, 7) is 4.03. The smallest absolute Gasteiger partial charge is 0.123 e. The topological polar surface area (TPSA) is 0 Å². The molecule has 1 heteroatoms. The second-order valence-corrected chi connectivity index (χ2v) is 20.7. The Bertz CT molecular complexity index is 5030. The van der Waals surface area contributed by atoms with Crippen molar-refractivity contribution >= 4 is 108 Å². The lowest BCUT2D eigenvalue weighted by molar-refractivity contribution is 0.625. The third-order valence-corrected chi connectivity index (χ3v) is 17.1. The predicted molar refractivity (Wildman–Crippen MR) is 311 cm³/mol. The van der Waals surface area contributed by atoms with Gasteiger partial charge in [-0.2, -0.15) is 0 Å². The van der Waals surface area contributed by atoms with Gasteiger partial charge >= 0.3 is 0 Å². The molecule has 0 saturated heterocycles. The van der Waals surface area contributed by atoms with Crippen molar-refractivity contribution in [2.24, 2.45) is 0 Å². The SMILES string of the molecule is Cc1cc(F)cc(C)c1-c1ccc2c(c1)-c1ccc3c4ccc5c6c(ccc(c7ccc-2c1c73)c46)c1c(-c2ccccc2-c2ccc(-c3ccccc3)cc2)c2cc3ccccc3c3c4ccccc4c(c51)c23. The first kappa shape index (κ1) is 39.5. The van der Waals surface area contributed by atoms with Crippen molar-refractivity contribution in [1.82, 2.24) is 0 Å². The standard InChI is InChI=1S/C72H41F/c1-38-34-45(73)35-39(2)62(38)44-24-25-48-52-26-27-53-55-30-32-58-68-59(33-31-56(66(55)68)54-28-29-57(60(48)37-44)64(52)65(53)54)71-69-51-19-11-10-18-50(51)63-47-16-7-6-14-43(47)36-61(72(63)69)67(70(58)71)49-17-9-8-15-46(49)42-22-20-41(21-23-42)40-12-4-3-5-13-40/h3-37H,1-2H3. The molecule has 0 heterocycles. The van der Waals surface area contributed by atoms with E-state index in [9.17, 15) is 4.39 Å². The summed E-state index contributed by atoms with van der Waals surface area (Å²) in [5, 5.41) is 26.3. The zero-order chi connectivity index (χ0) is 48.0. The molecule has 1 aliphatic carbocycles. The van der Waals surface area contributed by atoms with Crippen LogP contribution in [-0.2, 0) is 0 Å². The summed E-state index contributed by atoms with van der Waals surface area (Å²) in [6, 6.07) is 79.1. The predicted octanol–water partition coefficient (Wildman–Crippen LogP) is 20.6. The molecule has 0 radical (unpaired) electrons. The van der Waals surface area contributed by atoms with Gasteiger partial charge in [-0.3, -0.25) is 0 Å². The zero-order valence-corrected chi connectivity index (χ0v) is 40.1. The van der Waals surface area contributed by atoms with E-state index in [-0.39, 0.29) is 5.82 Å². The average Bonchev–Trinajstić information content (AvgIpc) is 4.17. The summed E-state index contributed by atoms with van der Waals surface area (Å²) in [5.41, 5.74) is 16.6. The van der Waals surface area contributed by atoms with Gasteiger partial charge in [0, 0.05) is 0 Å². The quantitative estimate of drug-likeness (QED) is 0.122. The van der Waals surface area contributed by atoms with Crippen LogP contribution < -0.4 is 0 Å². The molecule has 0 atom stereocenters. The number of rotatable bonds is 4. The maximum atomic E-state index is 14.5. The van der Waals surface area contributed by atoms with Crippen molar-refractivity contribution in [3.05, 3.63) is 229 Å². The van der Waals surface area contributed by atoms with Gasteiger partial charge in [-0.05, 0) is 224 Å². The second kappa shape index (κ2) is 14.0. The van der Waals surface area contributed by atoms with E-state index in [0.717, 1.165) is 22.3 Å². The monoisotopic (exact) mass is 924 g/mol. The highest BCUT2D eigenvalue weighted by Gasteiger charge is 2.30. The number of hydrogen-bond donors (Lipinski definition) is 0. The Hall–Kier alpha value is -9.17. The van der Waals surface area contributed by atoms with Crippen molar-refractivity contribution in [3.8, 4) is 66.8 Å². The molecule has 17 rings (SSSR count). The van der Waals surface area contributed by atoms with Gasteiger partial charge in [0.25, 0.3) is 0 Å². The zero-order valence-electron chi connectivity index (χ0n) is 40.1. The summed E-state index contributed by atoms with van der Waals surface area (Å²) < 4.78 is 14.5. The molecule has 0 N–H and O–H groups in total. The third kappa shape index (κ3) is 5.04. The number of hydrogen-bond acceptors (Lipinski definition) is 0. The van der Waals surface area contributed by atoms with E-state index in [1.165, 1.54) is 163 Å². The fourth-order valence-corrected chi connectivity index (χ4v) is 14.3. The van der Waals surface area contributed by atoms with Crippen LogP contribution >= 0.6 is 0 Å². The van der Waals surface area contributed by atoms with Gasteiger partial charge < -0.3 is 0 Å². The van der Waals surface area contributed by atoms with Crippen molar-refractivity contribution in [2.45, 2.75) is 13.8 Å². The van der Waals surface area contributed by atoms with Crippen LogP contribution in [0.25, 0.3) is 174 Å². The summed E-state index contributed by atoms with van der Waals surface area (Å²) in [7, 11) is 0. The van der Waals surface area contributed by atoms with E-state index in [1.54, 1.807) is 12.1 Å². The Kier molecular flexibility index (Phi) is 7.60. The first-order valence-corrected chi connectivity index (χ1v) is 25.5. The molecule has 0 spiro atoms. The second-order valence-electron chi connectivity index (χ2n) is 20.7. The Morgan fingerprint density at radius 1 is 0.233 bits per heavy atom.